The zero-order chi connectivity index (χ0) is 16.7. The topological polar surface area (TPSA) is 78.6 Å². The predicted molar refractivity (Wildman–Crippen MR) is 87.6 cm³/mol. The van der Waals surface area contributed by atoms with Crippen LogP contribution in [0.1, 0.15) is 15.9 Å². The van der Waals surface area contributed by atoms with Crippen LogP contribution in [0.4, 0.5) is 5.69 Å². The van der Waals surface area contributed by atoms with Crippen molar-refractivity contribution >= 4 is 23.7 Å². The van der Waals surface area contributed by atoms with Crippen molar-refractivity contribution in [2.24, 2.45) is 0 Å². The monoisotopic (exact) mass is 311 g/mol. The number of carbonyl (C=O) groups excluding carboxylic acids is 2. The number of carbonyl (C=O) groups is 2. The Morgan fingerprint density at radius 3 is 2.35 bits per heavy atom. The molecule has 0 saturated carbocycles. The molecule has 0 spiro atoms. The SMILES string of the molecule is COC(=O)/C(=C/c1ccccc1)COC(=O)c1ccccc1N. The first-order valence-electron chi connectivity index (χ1n) is 6.97. The number of nitrogen functional groups attached to an aromatic ring is 1. The second kappa shape index (κ2) is 7.79. The molecule has 0 radical (unpaired) electrons. The van der Waals surface area contributed by atoms with Crippen LogP contribution in [0.15, 0.2) is 60.2 Å². The number of para-hydroxylation sites is 1. The van der Waals surface area contributed by atoms with E-state index < -0.39 is 11.9 Å². The lowest BCUT2D eigenvalue weighted by Gasteiger charge is -2.09. The van der Waals surface area contributed by atoms with Crippen molar-refractivity contribution in [3.05, 3.63) is 71.3 Å². The van der Waals surface area contributed by atoms with Gasteiger partial charge in [0.15, 0.2) is 0 Å². The summed E-state index contributed by atoms with van der Waals surface area (Å²) < 4.78 is 9.90. The van der Waals surface area contributed by atoms with Crippen LogP contribution in [0.5, 0.6) is 0 Å². The molecule has 118 valence electrons. The lowest BCUT2D eigenvalue weighted by Crippen LogP contribution is -2.15. The molecule has 0 saturated heterocycles. The van der Waals surface area contributed by atoms with Gasteiger partial charge in [-0.3, -0.25) is 0 Å². The average Bonchev–Trinajstić information content (AvgIpc) is 2.59. The molecular weight excluding hydrogens is 294 g/mol. The summed E-state index contributed by atoms with van der Waals surface area (Å²) in [5.41, 5.74) is 7.36. The standard InChI is InChI=1S/C18H17NO4/c1-22-17(20)14(11-13-7-3-2-4-8-13)12-23-18(21)15-9-5-6-10-16(15)19/h2-11H,12,19H2,1H3/b14-11+. The molecule has 0 aliphatic heterocycles. The number of anilines is 1. The zero-order valence-electron chi connectivity index (χ0n) is 12.7. The van der Waals surface area contributed by atoms with Crippen molar-refractivity contribution in [1.82, 2.24) is 0 Å². The second-order valence-corrected chi connectivity index (χ2v) is 4.74. The number of esters is 2. The van der Waals surface area contributed by atoms with Gasteiger partial charge in [0.25, 0.3) is 0 Å². The molecule has 0 fully saturated rings. The molecule has 0 unspecified atom stereocenters. The maximum atomic E-state index is 12.1. The molecule has 0 heterocycles. The molecule has 2 N–H and O–H groups in total. The lowest BCUT2D eigenvalue weighted by atomic mass is 10.1. The molecule has 23 heavy (non-hydrogen) atoms. The maximum absolute atomic E-state index is 12.1. The summed E-state index contributed by atoms with van der Waals surface area (Å²) >= 11 is 0. The van der Waals surface area contributed by atoms with E-state index in [9.17, 15) is 9.59 Å². The Morgan fingerprint density at radius 2 is 1.70 bits per heavy atom. The molecule has 0 aliphatic carbocycles. The van der Waals surface area contributed by atoms with Gasteiger partial charge in [0.1, 0.15) is 6.61 Å². The van der Waals surface area contributed by atoms with Crippen LogP contribution < -0.4 is 5.73 Å². The molecule has 0 aliphatic rings. The first kappa shape index (κ1) is 16.3. The van der Waals surface area contributed by atoms with Crippen LogP contribution in [0, 0.1) is 0 Å². The normalized spacial score (nSPS) is 10.9. The summed E-state index contributed by atoms with van der Waals surface area (Å²) in [6.07, 6.45) is 1.62. The van der Waals surface area contributed by atoms with E-state index in [1.54, 1.807) is 30.3 Å². The number of hydrogen-bond donors (Lipinski definition) is 1. The van der Waals surface area contributed by atoms with Gasteiger partial charge in [-0.25, -0.2) is 9.59 Å². The van der Waals surface area contributed by atoms with Crippen molar-refractivity contribution < 1.29 is 19.1 Å². The number of methoxy groups -OCH3 is 1. The van der Waals surface area contributed by atoms with Gasteiger partial charge < -0.3 is 15.2 Å². The molecule has 2 aromatic rings. The molecule has 5 nitrogen and oxygen atoms in total. The van der Waals surface area contributed by atoms with Crippen molar-refractivity contribution in [2.75, 3.05) is 19.5 Å². The van der Waals surface area contributed by atoms with Gasteiger partial charge in [0.05, 0.1) is 18.2 Å². The Bertz CT molecular complexity index is 723. The molecular formula is C18H17NO4. The van der Waals surface area contributed by atoms with Crippen molar-refractivity contribution in [3.8, 4) is 0 Å². The first-order valence-corrected chi connectivity index (χ1v) is 6.97. The zero-order valence-corrected chi connectivity index (χ0v) is 12.7. The van der Waals surface area contributed by atoms with Gasteiger partial charge in [0.2, 0.25) is 0 Å². The summed E-state index contributed by atoms with van der Waals surface area (Å²) in [6.45, 7) is -0.200. The van der Waals surface area contributed by atoms with E-state index in [0.717, 1.165) is 5.56 Å². The minimum absolute atomic E-state index is 0.200. The minimum Gasteiger partial charge on any atom is -0.466 e. The summed E-state index contributed by atoms with van der Waals surface area (Å²) in [5.74, 6) is -1.14. The van der Waals surface area contributed by atoms with E-state index in [2.05, 4.69) is 0 Å². The molecule has 0 amide bonds. The van der Waals surface area contributed by atoms with Gasteiger partial charge in [0, 0.05) is 5.69 Å². The number of hydrogen-bond acceptors (Lipinski definition) is 5. The highest BCUT2D eigenvalue weighted by molar-refractivity contribution is 5.97. The van der Waals surface area contributed by atoms with Gasteiger partial charge in [-0.05, 0) is 23.8 Å². The Hall–Kier alpha value is -3.08. The van der Waals surface area contributed by atoms with E-state index in [0.29, 0.717) is 5.69 Å². The third-order valence-corrected chi connectivity index (χ3v) is 3.13. The highest BCUT2D eigenvalue weighted by Crippen LogP contribution is 2.14. The third kappa shape index (κ3) is 4.44. The quantitative estimate of drug-likeness (QED) is 0.522. The van der Waals surface area contributed by atoms with Gasteiger partial charge in [-0.15, -0.1) is 0 Å². The number of ether oxygens (including phenoxy) is 2. The van der Waals surface area contributed by atoms with Gasteiger partial charge in [-0.2, -0.15) is 0 Å². The number of rotatable bonds is 5. The molecule has 0 aromatic heterocycles. The van der Waals surface area contributed by atoms with E-state index in [1.165, 1.54) is 7.11 Å². The minimum atomic E-state index is -0.592. The van der Waals surface area contributed by atoms with Crippen LogP contribution in [-0.4, -0.2) is 25.7 Å². The van der Waals surface area contributed by atoms with E-state index in [4.69, 9.17) is 15.2 Å². The van der Waals surface area contributed by atoms with Crippen LogP contribution in [0.2, 0.25) is 0 Å². The van der Waals surface area contributed by atoms with E-state index in [-0.39, 0.29) is 17.7 Å². The third-order valence-electron chi connectivity index (χ3n) is 3.13. The second-order valence-electron chi connectivity index (χ2n) is 4.74. The summed E-state index contributed by atoms with van der Waals surface area (Å²) in [7, 11) is 1.28. The first-order chi connectivity index (χ1) is 11.1. The molecule has 0 bridgehead atoms. The Balaban J connectivity index is 2.13. The highest BCUT2D eigenvalue weighted by Gasteiger charge is 2.15. The number of nitrogens with two attached hydrogens (primary N) is 1. The van der Waals surface area contributed by atoms with Gasteiger partial charge in [-0.1, -0.05) is 42.5 Å². The largest absolute Gasteiger partial charge is 0.466 e. The smallest absolute Gasteiger partial charge is 0.340 e. The molecule has 5 heteroatoms. The Morgan fingerprint density at radius 1 is 1.04 bits per heavy atom. The summed E-state index contributed by atoms with van der Waals surface area (Å²) in [4.78, 5) is 23.9. The van der Waals surface area contributed by atoms with Crippen molar-refractivity contribution in [3.63, 3.8) is 0 Å². The number of benzene rings is 2. The van der Waals surface area contributed by atoms with Gasteiger partial charge >= 0.3 is 11.9 Å². The molecule has 0 atom stereocenters. The van der Waals surface area contributed by atoms with Crippen LogP contribution >= 0.6 is 0 Å². The molecule has 2 rings (SSSR count). The Labute approximate surface area is 134 Å². The maximum Gasteiger partial charge on any atom is 0.340 e. The fourth-order valence-corrected chi connectivity index (χ4v) is 1.95. The lowest BCUT2D eigenvalue weighted by molar-refractivity contribution is -0.136. The molecule has 2 aromatic carbocycles. The highest BCUT2D eigenvalue weighted by atomic mass is 16.5. The van der Waals surface area contributed by atoms with E-state index >= 15 is 0 Å². The fraction of sp³-hybridized carbons (Fsp3) is 0.111. The fourth-order valence-electron chi connectivity index (χ4n) is 1.95. The summed E-state index contributed by atoms with van der Waals surface area (Å²) in [5, 5.41) is 0. The van der Waals surface area contributed by atoms with Crippen LogP contribution in [-0.2, 0) is 14.3 Å². The van der Waals surface area contributed by atoms with Crippen LogP contribution in [0.25, 0.3) is 6.08 Å². The van der Waals surface area contributed by atoms with Crippen LogP contribution in [0.3, 0.4) is 0 Å². The summed E-state index contributed by atoms with van der Waals surface area (Å²) in [6, 6.07) is 15.8. The van der Waals surface area contributed by atoms with E-state index in [1.807, 2.05) is 30.3 Å². The predicted octanol–water partition coefficient (Wildman–Crippen LogP) is 2.68. The van der Waals surface area contributed by atoms with Crippen molar-refractivity contribution in [1.29, 1.82) is 0 Å². The average molecular weight is 311 g/mol. The van der Waals surface area contributed by atoms with Crippen molar-refractivity contribution in [2.45, 2.75) is 0 Å². The Kier molecular flexibility index (Phi) is 5.52.